The second-order valence-electron chi connectivity index (χ2n) is 5.44. The summed E-state index contributed by atoms with van der Waals surface area (Å²) in [6.45, 7) is 0.242. The molecule has 0 spiro atoms. The summed E-state index contributed by atoms with van der Waals surface area (Å²) in [6.07, 6.45) is 4.53. The van der Waals surface area contributed by atoms with E-state index in [4.69, 9.17) is 10.3 Å². The van der Waals surface area contributed by atoms with Crippen molar-refractivity contribution < 1.29 is 22.0 Å². The van der Waals surface area contributed by atoms with Crippen LogP contribution in [-0.4, -0.2) is 63.7 Å². The quantitative estimate of drug-likeness (QED) is 0.609. The molecular formula is C12H15N5O6S. The Kier molecular flexibility index (Phi) is 3.91. The van der Waals surface area contributed by atoms with Crippen LogP contribution in [0.5, 0.6) is 0 Å². The van der Waals surface area contributed by atoms with Gasteiger partial charge in [0.05, 0.1) is 12.6 Å². The number of hydrogen-bond donors (Lipinski definition) is 2. The Morgan fingerprint density at radius 2 is 2.17 bits per heavy atom. The van der Waals surface area contributed by atoms with Crippen molar-refractivity contribution >= 4 is 22.0 Å². The number of nitrogens with zero attached hydrogens (tertiary/aromatic N) is 4. The van der Waals surface area contributed by atoms with Gasteiger partial charge in [0.1, 0.15) is 6.04 Å². The molecule has 2 aliphatic heterocycles. The van der Waals surface area contributed by atoms with Crippen molar-refractivity contribution in [2.24, 2.45) is 12.8 Å². The van der Waals surface area contributed by atoms with E-state index in [0.717, 1.165) is 0 Å². The molecule has 12 heteroatoms. The first-order valence-corrected chi connectivity index (χ1v) is 8.29. The lowest BCUT2D eigenvalue weighted by atomic mass is 9.95. The van der Waals surface area contributed by atoms with E-state index >= 15 is 0 Å². The molecule has 0 aromatic carbocycles. The fraction of sp³-hybridized carbons (Fsp3) is 0.417. The van der Waals surface area contributed by atoms with E-state index in [9.17, 15) is 18.0 Å². The van der Waals surface area contributed by atoms with Crippen LogP contribution < -0.4 is 11.4 Å². The summed E-state index contributed by atoms with van der Waals surface area (Å²) in [5.74, 6) is 0. The van der Waals surface area contributed by atoms with Gasteiger partial charge in [0.15, 0.2) is 0 Å². The number of hydroxylamine groups is 2. The molecule has 2 aliphatic rings. The zero-order valence-electron chi connectivity index (χ0n) is 12.6. The maximum atomic E-state index is 12.3. The summed E-state index contributed by atoms with van der Waals surface area (Å²) in [5, 5.41) is 0.585. The third kappa shape index (κ3) is 2.80. The highest BCUT2D eigenvalue weighted by Gasteiger charge is 2.48. The molecule has 0 aliphatic carbocycles. The summed E-state index contributed by atoms with van der Waals surface area (Å²) >= 11 is 0. The van der Waals surface area contributed by atoms with Crippen LogP contribution >= 0.6 is 0 Å². The number of aromatic nitrogens is 2. The Hall–Kier alpha value is -2.28. The largest absolute Gasteiger partial charge is 0.418 e. The fourth-order valence-electron chi connectivity index (χ4n) is 2.84. The summed E-state index contributed by atoms with van der Waals surface area (Å²) in [5.41, 5.74) is 6.26. The van der Waals surface area contributed by atoms with Crippen LogP contribution in [0.3, 0.4) is 0 Å². The summed E-state index contributed by atoms with van der Waals surface area (Å²) < 4.78 is 36.7. The van der Waals surface area contributed by atoms with Crippen LogP contribution in [0, 0.1) is 0 Å². The van der Waals surface area contributed by atoms with Crippen LogP contribution in [0.2, 0.25) is 0 Å². The van der Waals surface area contributed by atoms with E-state index in [-0.39, 0.29) is 13.1 Å². The number of amides is 2. The monoisotopic (exact) mass is 357 g/mol. The predicted octanol–water partition coefficient (Wildman–Crippen LogP) is -1.65. The maximum Gasteiger partial charge on any atom is 0.418 e. The Morgan fingerprint density at radius 1 is 1.46 bits per heavy atom. The SMILES string of the molecule is Cn1cc(C2=C[C@H](CN)N3C[C@@H]2N(OS(=O)(=O)O)C3=O)cnc1=O. The molecule has 2 amide bonds. The molecule has 0 radical (unpaired) electrons. The van der Waals surface area contributed by atoms with Gasteiger partial charge < -0.3 is 15.2 Å². The minimum absolute atomic E-state index is 0.112. The van der Waals surface area contributed by atoms with E-state index < -0.39 is 34.2 Å². The highest BCUT2D eigenvalue weighted by Crippen LogP contribution is 2.35. The molecule has 0 unspecified atom stereocenters. The zero-order valence-corrected chi connectivity index (χ0v) is 13.4. The van der Waals surface area contributed by atoms with Crippen molar-refractivity contribution in [1.82, 2.24) is 19.5 Å². The Balaban J connectivity index is 2.07. The maximum absolute atomic E-state index is 12.3. The molecule has 1 aromatic heterocycles. The van der Waals surface area contributed by atoms with Gasteiger partial charge in [-0.3, -0.25) is 4.55 Å². The second kappa shape index (κ2) is 5.66. The van der Waals surface area contributed by atoms with Crippen molar-refractivity contribution in [2.45, 2.75) is 12.1 Å². The summed E-state index contributed by atoms with van der Waals surface area (Å²) in [4.78, 5) is 28.8. The molecule has 130 valence electrons. The van der Waals surface area contributed by atoms with E-state index in [0.29, 0.717) is 16.2 Å². The van der Waals surface area contributed by atoms with Crippen molar-refractivity contribution in [3.63, 3.8) is 0 Å². The zero-order chi connectivity index (χ0) is 17.6. The molecule has 0 saturated carbocycles. The topological polar surface area (TPSA) is 148 Å². The lowest BCUT2D eigenvalue weighted by Crippen LogP contribution is -2.43. The number of aryl methyl sites for hydroxylation is 1. The lowest BCUT2D eigenvalue weighted by molar-refractivity contribution is -0.0162. The fourth-order valence-corrected chi connectivity index (χ4v) is 3.21. The molecule has 1 aromatic rings. The Bertz CT molecular complexity index is 878. The summed E-state index contributed by atoms with van der Waals surface area (Å²) in [7, 11) is -3.36. The molecule has 3 N–H and O–H groups in total. The number of carbonyl (C=O) groups is 1. The molecule has 2 bridgehead atoms. The number of rotatable bonds is 4. The van der Waals surface area contributed by atoms with Crippen LogP contribution in [0.1, 0.15) is 5.56 Å². The standard InChI is InChI=1S/C12H15N5O6S/c1-15-5-7(4-14-11(15)18)9-2-8(3-13)16-6-10(9)17(12(16)19)23-24(20,21)22/h2,4-5,8,10H,3,6,13H2,1H3,(H,20,21,22)/t8-,10+/m1/s1. The van der Waals surface area contributed by atoms with Crippen LogP contribution in [0.15, 0.2) is 23.3 Å². The number of urea groups is 1. The molecule has 2 atom stereocenters. The van der Waals surface area contributed by atoms with E-state index in [2.05, 4.69) is 9.27 Å². The first-order valence-electron chi connectivity index (χ1n) is 6.93. The third-order valence-electron chi connectivity index (χ3n) is 3.92. The van der Waals surface area contributed by atoms with Gasteiger partial charge >= 0.3 is 22.1 Å². The molecular weight excluding hydrogens is 342 g/mol. The Morgan fingerprint density at radius 3 is 2.75 bits per heavy atom. The van der Waals surface area contributed by atoms with Crippen molar-refractivity contribution in [1.29, 1.82) is 0 Å². The van der Waals surface area contributed by atoms with Gasteiger partial charge in [-0.05, 0) is 5.57 Å². The number of fused-ring (bicyclic) bond motifs is 2. The number of hydrogen-bond acceptors (Lipinski definition) is 7. The van der Waals surface area contributed by atoms with Crippen molar-refractivity contribution in [3.8, 4) is 0 Å². The van der Waals surface area contributed by atoms with Gasteiger partial charge in [0.25, 0.3) is 0 Å². The van der Waals surface area contributed by atoms with Gasteiger partial charge in [-0.15, -0.1) is 4.28 Å². The molecule has 11 nitrogen and oxygen atoms in total. The highest BCUT2D eigenvalue weighted by atomic mass is 32.3. The smallest absolute Gasteiger partial charge is 0.328 e. The molecule has 3 rings (SSSR count). The third-order valence-corrected chi connectivity index (χ3v) is 4.27. The van der Waals surface area contributed by atoms with E-state index in [1.807, 2.05) is 0 Å². The molecule has 1 fully saturated rings. The first-order chi connectivity index (χ1) is 11.2. The summed E-state index contributed by atoms with van der Waals surface area (Å²) in [6, 6.07) is -1.99. The van der Waals surface area contributed by atoms with Gasteiger partial charge in [0.2, 0.25) is 0 Å². The first kappa shape index (κ1) is 16.6. The predicted molar refractivity (Wildman–Crippen MR) is 80.7 cm³/mol. The minimum atomic E-state index is -4.87. The van der Waals surface area contributed by atoms with Crippen molar-refractivity contribution in [3.05, 3.63) is 34.5 Å². The number of nitrogens with two attached hydrogens (primary N) is 1. The van der Waals surface area contributed by atoms with Crippen LogP contribution in [0.25, 0.3) is 5.57 Å². The minimum Gasteiger partial charge on any atom is -0.328 e. The van der Waals surface area contributed by atoms with Crippen LogP contribution in [0.4, 0.5) is 4.79 Å². The average molecular weight is 357 g/mol. The van der Waals surface area contributed by atoms with E-state index in [1.54, 1.807) is 6.08 Å². The Labute approximate surface area is 136 Å². The number of carbonyl (C=O) groups excluding carboxylic acids is 1. The van der Waals surface area contributed by atoms with Gasteiger partial charge in [-0.2, -0.15) is 13.5 Å². The lowest BCUT2D eigenvalue weighted by Gasteiger charge is -2.28. The van der Waals surface area contributed by atoms with Gasteiger partial charge in [-0.25, -0.2) is 14.6 Å². The molecule has 24 heavy (non-hydrogen) atoms. The molecule has 3 heterocycles. The highest BCUT2D eigenvalue weighted by molar-refractivity contribution is 7.80. The second-order valence-corrected chi connectivity index (χ2v) is 6.44. The normalized spacial score (nSPS) is 23.6. The van der Waals surface area contributed by atoms with Crippen LogP contribution in [-0.2, 0) is 21.7 Å². The molecule has 1 saturated heterocycles. The van der Waals surface area contributed by atoms with Crippen molar-refractivity contribution in [2.75, 3.05) is 13.1 Å². The van der Waals surface area contributed by atoms with E-state index in [1.165, 1.54) is 28.9 Å². The average Bonchev–Trinajstić information content (AvgIpc) is 2.76. The van der Waals surface area contributed by atoms with Gasteiger partial charge in [0, 0.05) is 31.5 Å². The van der Waals surface area contributed by atoms with Gasteiger partial charge in [-0.1, -0.05) is 6.08 Å².